The Labute approximate surface area is 83.1 Å². The predicted octanol–water partition coefficient (Wildman–Crippen LogP) is 1.62. The Morgan fingerprint density at radius 1 is 1.43 bits per heavy atom. The van der Waals surface area contributed by atoms with Gasteiger partial charge in [-0.15, -0.1) is 0 Å². The van der Waals surface area contributed by atoms with Crippen LogP contribution in [0.1, 0.15) is 31.3 Å². The van der Waals surface area contributed by atoms with Crippen molar-refractivity contribution in [1.29, 1.82) is 0 Å². The van der Waals surface area contributed by atoms with Crippen molar-refractivity contribution in [3.8, 4) is 0 Å². The van der Waals surface area contributed by atoms with E-state index in [0.29, 0.717) is 5.82 Å². The van der Waals surface area contributed by atoms with Gasteiger partial charge in [-0.05, 0) is 32.9 Å². The fraction of sp³-hybridized carbons (Fsp3) is 0.400. The van der Waals surface area contributed by atoms with Gasteiger partial charge in [0.05, 0.1) is 0 Å². The molecule has 4 nitrogen and oxygen atoms in total. The summed E-state index contributed by atoms with van der Waals surface area (Å²) in [6.07, 6.45) is 0. The van der Waals surface area contributed by atoms with Gasteiger partial charge in [0.25, 0.3) is 0 Å². The molecule has 1 heterocycles. The molecule has 0 saturated heterocycles. The summed E-state index contributed by atoms with van der Waals surface area (Å²) in [6, 6.07) is 4.86. The number of carbonyl (C=O) groups is 1. The summed E-state index contributed by atoms with van der Waals surface area (Å²) in [4.78, 5) is 15.3. The number of hydrogen-bond donors (Lipinski definition) is 1. The van der Waals surface area contributed by atoms with Gasteiger partial charge in [-0.2, -0.15) is 0 Å². The SMILES string of the molecule is CC(C)(C)OC(=O)c1cccc(N)n1. The molecule has 0 spiro atoms. The number of carbonyl (C=O) groups excluding carboxylic acids is 1. The summed E-state index contributed by atoms with van der Waals surface area (Å²) < 4.78 is 5.12. The molecule has 0 amide bonds. The third-order valence-electron chi connectivity index (χ3n) is 1.38. The number of nitrogens with zero attached hydrogens (tertiary/aromatic N) is 1. The van der Waals surface area contributed by atoms with Crippen LogP contribution in [-0.4, -0.2) is 16.6 Å². The first-order valence-corrected chi connectivity index (χ1v) is 4.34. The molecule has 0 radical (unpaired) electrons. The highest BCUT2D eigenvalue weighted by Gasteiger charge is 2.18. The summed E-state index contributed by atoms with van der Waals surface area (Å²) in [5, 5.41) is 0. The van der Waals surface area contributed by atoms with Gasteiger partial charge in [0.15, 0.2) is 5.69 Å². The standard InChI is InChI=1S/C10H14N2O2/c1-10(2,3)14-9(13)7-5-4-6-8(11)12-7/h4-6H,1-3H3,(H2,11,12). The minimum Gasteiger partial charge on any atom is -0.455 e. The fourth-order valence-corrected chi connectivity index (χ4v) is 0.896. The zero-order valence-electron chi connectivity index (χ0n) is 8.57. The van der Waals surface area contributed by atoms with E-state index >= 15 is 0 Å². The van der Waals surface area contributed by atoms with Crippen molar-refractivity contribution < 1.29 is 9.53 Å². The molecule has 14 heavy (non-hydrogen) atoms. The predicted molar refractivity (Wildman–Crippen MR) is 53.8 cm³/mol. The highest BCUT2D eigenvalue weighted by molar-refractivity contribution is 5.87. The van der Waals surface area contributed by atoms with Crippen LogP contribution in [0.5, 0.6) is 0 Å². The average Bonchev–Trinajstić information content (AvgIpc) is 2.01. The maximum Gasteiger partial charge on any atom is 0.357 e. The van der Waals surface area contributed by atoms with E-state index < -0.39 is 11.6 Å². The Hall–Kier alpha value is -1.58. The molecule has 0 aliphatic heterocycles. The first kappa shape index (κ1) is 10.5. The van der Waals surface area contributed by atoms with E-state index in [1.54, 1.807) is 39.0 Å². The lowest BCUT2D eigenvalue weighted by Gasteiger charge is -2.18. The number of hydrogen-bond acceptors (Lipinski definition) is 4. The van der Waals surface area contributed by atoms with Crippen LogP contribution in [-0.2, 0) is 4.74 Å². The minimum absolute atomic E-state index is 0.236. The molecular weight excluding hydrogens is 180 g/mol. The fourth-order valence-electron chi connectivity index (χ4n) is 0.896. The number of esters is 1. The summed E-state index contributed by atoms with van der Waals surface area (Å²) in [7, 11) is 0. The molecule has 0 aliphatic carbocycles. The average molecular weight is 194 g/mol. The van der Waals surface area contributed by atoms with Crippen molar-refractivity contribution in [2.45, 2.75) is 26.4 Å². The zero-order chi connectivity index (χ0) is 10.8. The molecule has 0 saturated carbocycles. The quantitative estimate of drug-likeness (QED) is 0.690. The molecule has 1 rings (SSSR count). The van der Waals surface area contributed by atoms with Crippen molar-refractivity contribution in [3.63, 3.8) is 0 Å². The van der Waals surface area contributed by atoms with Crippen LogP contribution >= 0.6 is 0 Å². The highest BCUT2D eigenvalue weighted by atomic mass is 16.6. The van der Waals surface area contributed by atoms with Crippen molar-refractivity contribution in [3.05, 3.63) is 23.9 Å². The third-order valence-corrected chi connectivity index (χ3v) is 1.38. The van der Waals surface area contributed by atoms with Crippen LogP contribution in [0.25, 0.3) is 0 Å². The minimum atomic E-state index is -0.511. The molecule has 0 atom stereocenters. The lowest BCUT2D eigenvalue weighted by atomic mass is 10.2. The number of anilines is 1. The van der Waals surface area contributed by atoms with E-state index in [9.17, 15) is 4.79 Å². The first-order valence-electron chi connectivity index (χ1n) is 4.34. The van der Waals surface area contributed by atoms with Gasteiger partial charge in [-0.3, -0.25) is 0 Å². The Balaban J connectivity index is 2.80. The molecule has 76 valence electrons. The van der Waals surface area contributed by atoms with Crippen molar-refractivity contribution in [2.75, 3.05) is 5.73 Å². The van der Waals surface area contributed by atoms with Crippen molar-refractivity contribution in [2.24, 2.45) is 0 Å². The molecule has 0 unspecified atom stereocenters. The van der Waals surface area contributed by atoms with E-state index in [0.717, 1.165) is 0 Å². The van der Waals surface area contributed by atoms with E-state index in [-0.39, 0.29) is 5.69 Å². The first-order chi connectivity index (χ1) is 6.38. The monoisotopic (exact) mass is 194 g/mol. The normalized spacial score (nSPS) is 11.1. The molecule has 2 N–H and O–H groups in total. The molecule has 0 aromatic carbocycles. The number of pyridine rings is 1. The van der Waals surface area contributed by atoms with Gasteiger partial charge in [0, 0.05) is 0 Å². The van der Waals surface area contributed by atoms with Crippen molar-refractivity contribution >= 4 is 11.8 Å². The molecular formula is C10H14N2O2. The van der Waals surface area contributed by atoms with E-state index in [4.69, 9.17) is 10.5 Å². The zero-order valence-corrected chi connectivity index (χ0v) is 8.57. The molecule has 0 aliphatic rings. The molecule has 0 bridgehead atoms. The second-order valence-corrected chi connectivity index (χ2v) is 3.95. The molecule has 0 fully saturated rings. The smallest absolute Gasteiger partial charge is 0.357 e. The summed E-state index contributed by atoms with van der Waals surface area (Å²) in [6.45, 7) is 5.41. The van der Waals surface area contributed by atoms with Gasteiger partial charge in [-0.1, -0.05) is 6.07 Å². The van der Waals surface area contributed by atoms with Gasteiger partial charge in [0.1, 0.15) is 11.4 Å². The number of rotatable bonds is 1. The Kier molecular flexibility index (Phi) is 2.74. The number of aromatic nitrogens is 1. The van der Waals surface area contributed by atoms with Gasteiger partial charge < -0.3 is 10.5 Å². The van der Waals surface area contributed by atoms with Crippen LogP contribution < -0.4 is 5.73 Å². The van der Waals surface area contributed by atoms with Gasteiger partial charge in [0.2, 0.25) is 0 Å². The number of nitrogen functional groups attached to an aromatic ring is 1. The van der Waals surface area contributed by atoms with Gasteiger partial charge >= 0.3 is 5.97 Å². The lowest BCUT2D eigenvalue weighted by Crippen LogP contribution is -2.24. The largest absolute Gasteiger partial charge is 0.455 e. The second kappa shape index (κ2) is 3.65. The third kappa shape index (κ3) is 3.05. The topological polar surface area (TPSA) is 65.2 Å². The van der Waals surface area contributed by atoms with Crippen LogP contribution in [0.2, 0.25) is 0 Å². The maximum absolute atomic E-state index is 11.5. The van der Waals surface area contributed by atoms with Crippen LogP contribution in [0, 0.1) is 0 Å². The molecule has 1 aromatic heterocycles. The highest BCUT2D eigenvalue weighted by Crippen LogP contribution is 2.11. The van der Waals surface area contributed by atoms with E-state index in [1.807, 2.05) is 0 Å². The lowest BCUT2D eigenvalue weighted by molar-refractivity contribution is 0.00630. The van der Waals surface area contributed by atoms with Crippen molar-refractivity contribution in [1.82, 2.24) is 4.98 Å². The van der Waals surface area contributed by atoms with E-state index in [1.165, 1.54) is 0 Å². The summed E-state index contributed by atoms with van der Waals surface area (Å²) in [5.74, 6) is -0.141. The Morgan fingerprint density at radius 2 is 2.07 bits per heavy atom. The molecule has 4 heteroatoms. The van der Waals surface area contributed by atoms with E-state index in [2.05, 4.69) is 4.98 Å². The Morgan fingerprint density at radius 3 is 2.57 bits per heavy atom. The summed E-state index contributed by atoms with van der Waals surface area (Å²) in [5.41, 5.74) is 5.17. The second-order valence-electron chi connectivity index (χ2n) is 3.95. The van der Waals surface area contributed by atoms with Crippen LogP contribution in [0.4, 0.5) is 5.82 Å². The number of ether oxygens (including phenoxy) is 1. The number of nitrogens with two attached hydrogens (primary N) is 1. The van der Waals surface area contributed by atoms with Crippen LogP contribution in [0.15, 0.2) is 18.2 Å². The Bertz CT molecular complexity index is 342. The maximum atomic E-state index is 11.5. The molecule has 1 aromatic rings. The van der Waals surface area contributed by atoms with Gasteiger partial charge in [-0.25, -0.2) is 9.78 Å². The van der Waals surface area contributed by atoms with Crippen LogP contribution in [0.3, 0.4) is 0 Å². The summed E-state index contributed by atoms with van der Waals surface area (Å²) >= 11 is 0.